The van der Waals surface area contributed by atoms with Crippen molar-refractivity contribution in [3.05, 3.63) is 28.8 Å². The van der Waals surface area contributed by atoms with E-state index in [9.17, 15) is 4.79 Å². The first-order valence-electron chi connectivity index (χ1n) is 5.56. The van der Waals surface area contributed by atoms with E-state index in [1.165, 1.54) is 11.1 Å². The third-order valence-electron chi connectivity index (χ3n) is 3.31. The Morgan fingerprint density at radius 1 is 1.44 bits per heavy atom. The molecule has 16 heavy (non-hydrogen) atoms. The number of carboxylic acid groups (broad SMARTS) is 1. The highest BCUT2D eigenvalue weighted by Crippen LogP contribution is 2.36. The predicted octanol–water partition coefficient (Wildman–Crippen LogP) is 2.37. The highest BCUT2D eigenvalue weighted by Gasteiger charge is 2.25. The Balaban J connectivity index is 2.56. The molecule has 1 aromatic rings. The topological polar surface area (TPSA) is 46.5 Å². The molecule has 1 aliphatic carbocycles. The normalized spacial score (nSPS) is 15.6. The summed E-state index contributed by atoms with van der Waals surface area (Å²) in [4.78, 5) is 11.1. The number of aryl methyl sites for hydroxylation is 1. The molecule has 0 saturated carbocycles. The average Bonchev–Trinajstić information content (AvgIpc) is 2.74. The molecule has 1 aromatic carbocycles. The Bertz CT molecular complexity index is 423. The summed E-state index contributed by atoms with van der Waals surface area (Å²) in [5.74, 6) is -0.586. The quantitative estimate of drug-likeness (QED) is 0.850. The fourth-order valence-corrected chi connectivity index (χ4v) is 2.45. The highest BCUT2D eigenvalue weighted by molar-refractivity contribution is 5.78. The van der Waals surface area contributed by atoms with Crippen LogP contribution in [0.4, 0.5) is 0 Å². The van der Waals surface area contributed by atoms with Crippen LogP contribution in [0.5, 0.6) is 5.75 Å². The Morgan fingerprint density at radius 3 is 2.81 bits per heavy atom. The molecule has 0 heterocycles. The van der Waals surface area contributed by atoms with Gasteiger partial charge < -0.3 is 9.84 Å². The molecule has 3 nitrogen and oxygen atoms in total. The van der Waals surface area contributed by atoms with Gasteiger partial charge in [-0.25, -0.2) is 0 Å². The molecule has 1 aliphatic rings. The Morgan fingerprint density at radius 2 is 2.19 bits per heavy atom. The second-order valence-electron chi connectivity index (χ2n) is 4.23. The van der Waals surface area contributed by atoms with Gasteiger partial charge in [0.25, 0.3) is 0 Å². The fourth-order valence-electron chi connectivity index (χ4n) is 2.45. The van der Waals surface area contributed by atoms with Gasteiger partial charge >= 0.3 is 5.97 Å². The molecule has 0 saturated heterocycles. The number of hydrogen-bond donors (Lipinski definition) is 1. The largest absolute Gasteiger partial charge is 0.496 e. The lowest BCUT2D eigenvalue weighted by atomic mass is 9.92. The SMILES string of the molecule is COc1ccc2c(c1C(C)C(=O)O)CCC2. The molecule has 0 radical (unpaired) electrons. The maximum Gasteiger partial charge on any atom is 0.310 e. The smallest absolute Gasteiger partial charge is 0.310 e. The number of hydrogen-bond acceptors (Lipinski definition) is 2. The second kappa shape index (κ2) is 4.16. The predicted molar refractivity (Wildman–Crippen MR) is 61.1 cm³/mol. The van der Waals surface area contributed by atoms with Crippen LogP contribution in [0.3, 0.4) is 0 Å². The molecule has 0 aliphatic heterocycles. The zero-order chi connectivity index (χ0) is 11.7. The molecular weight excluding hydrogens is 204 g/mol. The van der Waals surface area contributed by atoms with E-state index < -0.39 is 11.9 Å². The molecule has 0 amide bonds. The summed E-state index contributed by atoms with van der Waals surface area (Å²) in [6, 6.07) is 3.94. The Hall–Kier alpha value is -1.51. The first kappa shape index (κ1) is 11.0. The fraction of sp³-hybridized carbons (Fsp3) is 0.462. The monoisotopic (exact) mass is 220 g/mol. The van der Waals surface area contributed by atoms with E-state index in [4.69, 9.17) is 9.84 Å². The van der Waals surface area contributed by atoms with E-state index in [0.29, 0.717) is 5.75 Å². The number of carboxylic acids is 1. The van der Waals surface area contributed by atoms with Crippen molar-refractivity contribution in [2.45, 2.75) is 32.1 Å². The van der Waals surface area contributed by atoms with Crippen LogP contribution >= 0.6 is 0 Å². The number of benzene rings is 1. The van der Waals surface area contributed by atoms with Crippen LogP contribution in [0.2, 0.25) is 0 Å². The minimum atomic E-state index is -0.793. The van der Waals surface area contributed by atoms with Gasteiger partial charge in [-0.1, -0.05) is 6.07 Å². The van der Waals surface area contributed by atoms with Crippen LogP contribution in [-0.2, 0) is 17.6 Å². The molecule has 3 heteroatoms. The van der Waals surface area contributed by atoms with Gasteiger partial charge in [-0.2, -0.15) is 0 Å². The van der Waals surface area contributed by atoms with Crippen LogP contribution in [0, 0.1) is 0 Å². The van der Waals surface area contributed by atoms with Crippen molar-refractivity contribution in [3.8, 4) is 5.75 Å². The van der Waals surface area contributed by atoms with Gasteiger partial charge in [-0.15, -0.1) is 0 Å². The van der Waals surface area contributed by atoms with Crippen molar-refractivity contribution in [1.82, 2.24) is 0 Å². The average molecular weight is 220 g/mol. The summed E-state index contributed by atoms with van der Waals surface area (Å²) >= 11 is 0. The van der Waals surface area contributed by atoms with E-state index in [1.807, 2.05) is 6.07 Å². The molecule has 86 valence electrons. The van der Waals surface area contributed by atoms with Crippen molar-refractivity contribution in [3.63, 3.8) is 0 Å². The van der Waals surface area contributed by atoms with Crippen molar-refractivity contribution in [2.24, 2.45) is 0 Å². The minimum Gasteiger partial charge on any atom is -0.496 e. The molecular formula is C13H16O3. The zero-order valence-corrected chi connectivity index (χ0v) is 9.62. The van der Waals surface area contributed by atoms with Gasteiger partial charge in [0.2, 0.25) is 0 Å². The first-order valence-corrected chi connectivity index (χ1v) is 5.56. The lowest BCUT2D eigenvalue weighted by Gasteiger charge is -2.16. The standard InChI is InChI=1S/C13H16O3/c1-8(13(14)15)12-10-5-3-4-9(10)6-7-11(12)16-2/h6-8H,3-5H2,1-2H3,(H,14,15). The Kier molecular flexibility index (Phi) is 2.86. The number of fused-ring (bicyclic) bond motifs is 1. The maximum atomic E-state index is 11.1. The van der Waals surface area contributed by atoms with Crippen molar-refractivity contribution < 1.29 is 14.6 Å². The van der Waals surface area contributed by atoms with Crippen LogP contribution in [0.15, 0.2) is 12.1 Å². The molecule has 1 unspecified atom stereocenters. The molecule has 0 spiro atoms. The van der Waals surface area contributed by atoms with Gasteiger partial charge in [-0.05, 0) is 43.4 Å². The van der Waals surface area contributed by atoms with Gasteiger partial charge in [0.15, 0.2) is 0 Å². The summed E-state index contributed by atoms with van der Waals surface area (Å²) in [5, 5.41) is 9.13. The molecule has 1 N–H and O–H groups in total. The molecule has 0 aromatic heterocycles. The highest BCUT2D eigenvalue weighted by atomic mass is 16.5. The molecule has 2 rings (SSSR count). The number of methoxy groups -OCH3 is 1. The van der Waals surface area contributed by atoms with Gasteiger partial charge in [0.05, 0.1) is 13.0 Å². The number of aliphatic carboxylic acids is 1. The minimum absolute atomic E-state index is 0.497. The third-order valence-corrected chi connectivity index (χ3v) is 3.31. The lowest BCUT2D eigenvalue weighted by Crippen LogP contribution is -2.11. The van der Waals surface area contributed by atoms with E-state index in [0.717, 1.165) is 24.8 Å². The summed E-state index contributed by atoms with van der Waals surface area (Å²) in [5.41, 5.74) is 3.34. The van der Waals surface area contributed by atoms with Crippen LogP contribution in [0.25, 0.3) is 0 Å². The van der Waals surface area contributed by atoms with Crippen LogP contribution in [0.1, 0.15) is 36.0 Å². The summed E-state index contributed by atoms with van der Waals surface area (Å²) in [7, 11) is 1.59. The number of rotatable bonds is 3. The van der Waals surface area contributed by atoms with Gasteiger partial charge in [0.1, 0.15) is 5.75 Å². The first-order chi connectivity index (χ1) is 7.65. The number of carbonyl (C=O) groups is 1. The number of ether oxygens (including phenoxy) is 1. The van der Waals surface area contributed by atoms with Crippen LogP contribution < -0.4 is 4.74 Å². The van der Waals surface area contributed by atoms with Gasteiger partial charge in [-0.3, -0.25) is 4.79 Å². The maximum absolute atomic E-state index is 11.1. The third kappa shape index (κ3) is 1.66. The Labute approximate surface area is 95.0 Å². The van der Waals surface area contributed by atoms with Crippen molar-refractivity contribution in [1.29, 1.82) is 0 Å². The van der Waals surface area contributed by atoms with E-state index in [1.54, 1.807) is 14.0 Å². The summed E-state index contributed by atoms with van der Waals surface area (Å²) in [6.45, 7) is 1.72. The molecule has 0 fully saturated rings. The summed E-state index contributed by atoms with van der Waals surface area (Å²) < 4.78 is 5.28. The second-order valence-corrected chi connectivity index (χ2v) is 4.23. The van der Waals surface area contributed by atoms with Crippen molar-refractivity contribution >= 4 is 5.97 Å². The van der Waals surface area contributed by atoms with E-state index in [-0.39, 0.29) is 0 Å². The van der Waals surface area contributed by atoms with Crippen LogP contribution in [-0.4, -0.2) is 18.2 Å². The van der Waals surface area contributed by atoms with E-state index in [2.05, 4.69) is 6.07 Å². The molecule has 1 atom stereocenters. The summed E-state index contributed by atoms with van der Waals surface area (Å²) in [6.07, 6.45) is 3.14. The molecule has 0 bridgehead atoms. The lowest BCUT2D eigenvalue weighted by molar-refractivity contribution is -0.138. The van der Waals surface area contributed by atoms with Crippen molar-refractivity contribution in [2.75, 3.05) is 7.11 Å². The zero-order valence-electron chi connectivity index (χ0n) is 9.62. The van der Waals surface area contributed by atoms with E-state index >= 15 is 0 Å². The van der Waals surface area contributed by atoms with Gasteiger partial charge in [0, 0.05) is 5.56 Å².